The topological polar surface area (TPSA) is 42.4 Å². The first-order valence-electron chi connectivity index (χ1n) is 6.51. The maximum absolute atomic E-state index is 9.54. The molecule has 0 radical (unpaired) electrons. The molecule has 3 heteroatoms. The molecule has 1 aliphatic heterocycles. The highest BCUT2D eigenvalue weighted by Gasteiger charge is 2.27. The molecule has 0 aliphatic carbocycles. The fourth-order valence-corrected chi connectivity index (χ4v) is 2.36. The fraction of sp³-hybridized carbons (Fsp3) is 0.312. The summed E-state index contributed by atoms with van der Waals surface area (Å²) in [7, 11) is 0. The summed E-state index contributed by atoms with van der Waals surface area (Å²) in [4.78, 5) is 4.48. The molecule has 1 aliphatic rings. The summed E-state index contributed by atoms with van der Waals surface area (Å²) in [6.45, 7) is 4.19. The van der Waals surface area contributed by atoms with Crippen LogP contribution in [0.2, 0.25) is 0 Å². The van der Waals surface area contributed by atoms with Crippen molar-refractivity contribution in [1.29, 1.82) is 0 Å². The summed E-state index contributed by atoms with van der Waals surface area (Å²) in [6.07, 6.45) is 3.77. The first-order valence-corrected chi connectivity index (χ1v) is 6.51. The number of phenolic OH excluding ortho intramolecular Hbond substituents is 1. The van der Waals surface area contributed by atoms with Gasteiger partial charge in [0.1, 0.15) is 17.1 Å². The van der Waals surface area contributed by atoms with Gasteiger partial charge in [-0.2, -0.15) is 0 Å². The van der Waals surface area contributed by atoms with E-state index in [9.17, 15) is 5.11 Å². The summed E-state index contributed by atoms with van der Waals surface area (Å²) in [5, 5.41) is 9.54. The van der Waals surface area contributed by atoms with E-state index >= 15 is 0 Å². The number of aromatic nitrogens is 1. The summed E-state index contributed by atoms with van der Waals surface area (Å²) in [5.41, 5.74) is 2.80. The Balaban J connectivity index is 2.02. The van der Waals surface area contributed by atoms with Crippen molar-refractivity contribution in [2.24, 2.45) is 0 Å². The second kappa shape index (κ2) is 4.26. The average molecular weight is 255 g/mol. The van der Waals surface area contributed by atoms with Gasteiger partial charge in [0, 0.05) is 11.8 Å². The number of hydrogen-bond acceptors (Lipinski definition) is 3. The third kappa shape index (κ3) is 2.41. The van der Waals surface area contributed by atoms with Gasteiger partial charge in [0.25, 0.3) is 0 Å². The second-order valence-corrected chi connectivity index (χ2v) is 5.58. The Hall–Kier alpha value is -2.03. The third-order valence-corrected chi connectivity index (χ3v) is 3.46. The van der Waals surface area contributed by atoms with Crippen LogP contribution in [0.5, 0.6) is 11.5 Å². The maximum Gasteiger partial charge on any atom is 0.142 e. The zero-order chi connectivity index (χ0) is 13.5. The monoisotopic (exact) mass is 255 g/mol. The molecule has 1 aromatic heterocycles. The summed E-state index contributed by atoms with van der Waals surface area (Å²) < 4.78 is 5.99. The van der Waals surface area contributed by atoms with Crippen molar-refractivity contribution < 1.29 is 9.84 Å². The number of rotatable bonds is 1. The molecule has 19 heavy (non-hydrogen) atoms. The molecule has 3 nitrogen and oxygen atoms in total. The number of fused-ring (bicyclic) bond motifs is 1. The Morgan fingerprint density at radius 2 is 2.05 bits per heavy atom. The molecule has 0 saturated carbocycles. The Morgan fingerprint density at radius 3 is 2.84 bits per heavy atom. The van der Waals surface area contributed by atoms with Crippen LogP contribution in [0.15, 0.2) is 36.5 Å². The van der Waals surface area contributed by atoms with Gasteiger partial charge in [-0.25, -0.2) is 0 Å². The molecule has 98 valence electrons. The van der Waals surface area contributed by atoms with Gasteiger partial charge in [-0.05, 0) is 50.5 Å². The van der Waals surface area contributed by atoms with E-state index in [-0.39, 0.29) is 11.4 Å². The molecule has 0 bridgehead atoms. The molecule has 2 heterocycles. The Labute approximate surface area is 112 Å². The van der Waals surface area contributed by atoms with Crippen LogP contribution in [0.4, 0.5) is 0 Å². The van der Waals surface area contributed by atoms with Crippen LogP contribution in [0, 0.1) is 0 Å². The lowest BCUT2D eigenvalue weighted by molar-refractivity contribution is 0.0831. The summed E-state index contributed by atoms with van der Waals surface area (Å²) in [5.74, 6) is 1.12. The highest BCUT2D eigenvalue weighted by molar-refractivity contribution is 5.66. The molecule has 0 amide bonds. The molecule has 0 spiro atoms. The van der Waals surface area contributed by atoms with Crippen molar-refractivity contribution >= 4 is 0 Å². The average Bonchev–Trinajstić information content (AvgIpc) is 2.37. The van der Waals surface area contributed by atoms with E-state index in [0.717, 1.165) is 35.4 Å². The van der Waals surface area contributed by atoms with Gasteiger partial charge in [0.15, 0.2) is 0 Å². The maximum atomic E-state index is 9.54. The van der Waals surface area contributed by atoms with E-state index in [1.807, 2.05) is 24.4 Å². The van der Waals surface area contributed by atoms with Crippen LogP contribution in [0.25, 0.3) is 11.1 Å². The zero-order valence-corrected chi connectivity index (χ0v) is 11.2. The van der Waals surface area contributed by atoms with Gasteiger partial charge in [-0.1, -0.05) is 12.1 Å². The molecule has 1 N–H and O–H groups in total. The minimum absolute atomic E-state index is 0.133. The number of hydrogen-bond donors (Lipinski definition) is 1. The Bertz CT molecular complexity index is 620. The van der Waals surface area contributed by atoms with Crippen molar-refractivity contribution in [3.63, 3.8) is 0 Å². The predicted octanol–water partition coefficient (Wildman–Crippen LogP) is 3.56. The lowest BCUT2D eigenvalue weighted by atomic mass is 9.96. The molecule has 2 aromatic rings. The van der Waals surface area contributed by atoms with E-state index < -0.39 is 0 Å². The molecule has 1 aromatic carbocycles. The highest BCUT2D eigenvalue weighted by atomic mass is 16.5. The van der Waals surface area contributed by atoms with Crippen molar-refractivity contribution in [2.75, 3.05) is 0 Å². The van der Waals surface area contributed by atoms with E-state index in [1.165, 1.54) is 0 Å². The lowest BCUT2D eigenvalue weighted by Gasteiger charge is -2.32. The largest absolute Gasteiger partial charge is 0.508 e. The number of aromatic hydroxyl groups is 1. The van der Waals surface area contributed by atoms with Crippen molar-refractivity contribution in [3.8, 4) is 22.6 Å². The summed E-state index contributed by atoms with van der Waals surface area (Å²) in [6, 6.07) is 9.19. The molecular formula is C16H17NO2. The Kier molecular flexibility index (Phi) is 2.70. The van der Waals surface area contributed by atoms with Gasteiger partial charge in [-0.3, -0.25) is 4.98 Å². The normalized spacial score (nSPS) is 16.5. The molecule has 0 saturated heterocycles. The minimum atomic E-state index is -0.133. The smallest absolute Gasteiger partial charge is 0.142 e. The molecule has 0 atom stereocenters. The van der Waals surface area contributed by atoms with Gasteiger partial charge >= 0.3 is 0 Å². The summed E-state index contributed by atoms with van der Waals surface area (Å²) >= 11 is 0. The first kappa shape index (κ1) is 12.0. The SMILES string of the molecule is CC1(C)CCc2ncc(-c3cccc(O)c3)cc2O1. The van der Waals surface area contributed by atoms with Gasteiger partial charge in [0.05, 0.1) is 5.69 Å². The lowest BCUT2D eigenvalue weighted by Crippen LogP contribution is -2.32. The van der Waals surface area contributed by atoms with E-state index in [4.69, 9.17) is 4.74 Å². The number of ether oxygens (including phenoxy) is 1. The van der Waals surface area contributed by atoms with Crippen LogP contribution >= 0.6 is 0 Å². The third-order valence-electron chi connectivity index (χ3n) is 3.46. The number of aryl methyl sites for hydroxylation is 1. The Morgan fingerprint density at radius 1 is 1.21 bits per heavy atom. The van der Waals surface area contributed by atoms with Crippen molar-refractivity contribution in [1.82, 2.24) is 4.98 Å². The van der Waals surface area contributed by atoms with Crippen LogP contribution in [0.1, 0.15) is 26.0 Å². The zero-order valence-electron chi connectivity index (χ0n) is 11.2. The van der Waals surface area contributed by atoms with E-state index in [0.29, 0.717) is 0 Å². The van der Waals surface area contributed by atoms with Gasteiger partial charge < -0.3 is 9.84 Å². The fourth-order valence-electron chi connectivity index (χ4n) is 2.36. The van der Waals surface area contributed by atoms with Gasteiger partial charge in [-0.15, -0.1) is 0 Å². The highest BCUT2D eigenvalue weighted by Crippen LogP contribution is 2.34. The van der Waals surface area contributed by atoms with Crippen molar-refractivity contribution in [3.05, 3.63) is 42.2 Å². The standard InChI is InChI=1S/C16H17NO2/c1-16(2)7-6-14-15(19-16)9-12(10-17-14)11-4-3-5-13(18)8-11/h3-5,8-10,18H,6-7H2,1-2H3. The van der Waals surface area contributed by atoms with Crippen molar-refractivity contribution in [2.45, 2.75) is 32.3 Å². The van der Waals surface area contributed by atoms with Crippen LogP contribution in [-0.4, -0.2) is 15.7 Å². The number of benzene rings is 1. The number of nitrogens with zero attached hydrogens (tertiary/aromatic N) is 1. The molecular weight excluding hydrogens is 238 g/mol. The molecule has 0 unspecified atom stereocenters. The minimum Gasteiger partial charge on any atom is -0.508 e. The van der Waals surface area contributed by atoms with Gasteiger partial charge in [0.2, 0.25) is 0 Å². The van der Waals surface area contributed by atoms with Crippen LogP contribution in [0.3, 0.4) is 0 Å². The predicted molar refractivity (Wildman–Crippen MR) is 74.4 cm³/mol. The van der Waals surface area contributed by atoms with Crippen LogP contribution < -0.4 is 4.74 Å². The number of pyridine rings is 1. The van der Waals surface area contributed by atoms with E-state index in [1.54, 1.807) is 12.1 Å². The van der Waals surface area contributed by atoms with Crippen LogP contribution in [-0.2, 0) is 6.42 Å². The quantitative estimate of drug-likeness (QED) is 0.847. The number of phenols is 1. The first-order chi connectivity index (χ1) is 9.03. The molecule has 3 rings (SSSR count). The second-order valence-electron chi connectivity index (χ2n) is 5.58. The molecule has 0 fully saturated rings. The van der Waals surface area contributed by atoms with E-state index in [2.05, 4.69) is 18.8 Å².